The van der Waals surface area contributed by atoms with E-state index in [1.807, 2.05) is 19.1 Å². The zero-order valence-electron chi connectivity index (χ0n) is 14.0. The molecule has 0 aromatic heterocycles. The summed E-state index contributed by atoms with van der Waals surface area (Å²) in [6.45, 7) is 14.0. The quantitative estimate of drug-likeness (QED) is 0.670. The minimum absolute atomic E-state index is 0.0393. The van der Waals surface area contributed by atoms with Crippen LogP contribution in [0.2, 0.25) is 0 Å². The van der Waals surface area contributed by atoms with Crippen molar-refractivity contribution in [2.75, 3.05) is 0 Å². The lowest BCUT2D eigenvalue weighted by atomic mass is 9.94. The first kappa shape index (κ1) is 16.5. The molecular weight excluding hydrogens is 270 g/mol. The number of hydrogen-bond acceptors (Lipinski definition) is 1. The molecule has 22 heavy (non-hydrogen) atoms. The first-order valence-corrected chi connectivity index (χ1v) is 8.09. The average molecular weight is 297 g/mol. The Morgan fingerprint density at radius 1 is 1.23 bits per heavy atom. The molecule has 2 nitrogen and oxygen atoms in total. The minimum Gasteiger partial charge on any atom is -0.326 e. The first-order chi connectivity index (χ1) is 10.4. The van der Waals surface area contributed by atoms with Crippen LogP contribution in [0.15, 0.2) is 59.9 Å². The van der Waals surface area contributed by atoms with Crippen molar-refractivity contribution in [3.05, 3.63) is 59.9 Å². The molecule has 0 aromatic rings. The highest BCUT2D eigenvalue weighted by Gasteiger charge is 2.51. The lowest BCUT2D eigenvalue weighted by molar-refractivity contribution is -0.124. The maximum Gasteiger partial charge on any atom is 0.234 e. The van der Waals surface area contributed by atoms with Gasteiger partial charge < -0.3 is 5.32 Å². The third-order valence-electron chi connectivity index (χ3n) is 4.62. The van der Waals surface area contributed by atoms with Gasteiger partial charge in [-0.3, -0.25) is 4.79 Å². The number of amides is 1. The maximum atomic E-state index is 12.5. The van der Waals surface area contributed by atoms with Crippen molar-refractivity contribution in [3.63, 3.8) is 0 Å². The highest BCUT2D eigenvalue weighted by Crippen LogP contribution is 2.52. The van der Waals surface area contributed by atoms with E-state index in [-0.39, 0.29) is 11.3 Å². The van der Waals surface area contributed by atoms with Gasteiger partial charge in [0.25, 0.3) is 0 Å². The van der Waals surface area contributed by atoms with Gasteiger partial charge in [0.1, 0.15) is 0 Å². The van der Waals surface area contributed by atoms with Gasteiger partial charge in [-0.25, -0.2) is 0 Å². The molecule has 0 unspecified atom stereocenters. The lowest BCUT2D eigenvalue weighted by Gasteiger charge is -2.16. The highest BCUT2D eigenvalue weighted by atomic mass is 16.2. The predicted octanol–water partition coefficient (Wildman–Crippen LogP) is 4.83. The van der Waals surface area contributed by atoms with Gasteiger partial charge in [-0.15, -0.1) is 0 Å². The molecular formula is C20H27NO. The molecule has 2 aliphatic rings. The van der Waals surface area contributed by atoms with Crippen molar-refractivity contribution in [2.45, 2.75) is 46.5 Å². The topological polar surface area (TPSA) is 29.1 Å². The van der Waals surface area contributed by atoms with Gasteiger partial charge in [0, 0.05) is 5.70 Å². The van der Waals surface area contributed by atoms with Gasteiger partial charge in [0.2, 0.25) is 5.91 Å². The van der Waals surface area contributed by atoms with Crippen molar-refractivity contribution in [1.29, 1.82) is 0 Å². The van der Waals surface area contributed by atoms with Crippen LogP contribution in [0, 0.1) is 11.3 Å². The number of rotatable bonds is 7. The van der Waals surface area contributed by atoms with Crippen molar-refractivity contribution in [1.82, 2.24) is 5.32 Å². The second kappa shape index (κ2) is 6.51. The Labute approximate surface area is 134 Å². The first-order valence-electron chi connectivity index (χ1n) is 8.09. The molecule has 1 amide bonds. The molecule has 1 N–H and O–H groups in total. The van der Waals surface area contributed by atoms with Gasteiger partial charge in [-0.05, 0) is 69.6 Å². The second-order valence-corrected chi connectivity index (χ2v) is 6.56. The van der Waals surface area contributed by atoms with Crippen molar-refractivity contribution in [2.24, 2.45) is 11.3 Å². The summed E-state index contributed by atoms with van der Waals surface area (Å²) < 4.78 is 0. The standard InChI is InChI=1S/C20H27NO/c1-6-18(7-2)20(10-11-20)19(22)21-16(5)13-14(3)12-15(4)17-8-9-17/h6-7,12-13,17H,1,5,8-11H2,2-4H3,(H,21,22)/b14-13+,15-12+,18-7+. The van der Waals surface area contributed by atoms with E-state index in [0.29, 0.717) is 5.70 Å². The van der Waals surface area contributed by atoms with Gasteiger partial charge in [0.15, 0.2) is 0 Å². The van der Waals surface area contributed by atoms with Crippen molar-refractivity contribution in [3.8, 4) is 0 Å². The van der Waals surface area contributed by atoms with Gasteiger partial charge in [-0.1, -0.05) is 37.0 Å². The van der Waals surface area contributed by atoms with Gasteiger partial charge in [0.05, 0.1) is 5.41 Å². The monoisotopic (exact) mass is 297 g/mol. The Kier molecular flexibility index (Phi) is 4.90. The molecule has 2 rings (SSSR count). The van der Waals surface area contributed by atoms with E-state index in [4.69, 9.17) is 0 Å². The van der Waals surface area contributed by atoms with Crippen LogP contribution in [-0.4, -0.2) is 5.91 Å². The molecule has 0 heterocycles. The molecule has 0 aliphatic heterocycles. The SMILES string of the molecule is C=C/C(=C\C)C1(C(=O)NC(=C)/C=C(C)/C=C(\C)C2CC2)CC1. The fraction of sp³-hybridized carbons (Fsp3) is 0.450. The van der Waals surface area contributed by atoms with E-state index in [2.05, 4.69) is 38.4 Å². The Balaban J connectivity index is 1.98. The molecule has 2 fully saturated rings. The molecule has 2 saturated carbocycles. The third kappa shape index (κ3) is 3.68. The number of nitrogens with one attached hydrogen (secondary N) is 1. The summed E-state index contributed by atoms with van der Waals surface area (Å²) in [6, 6.07) is 0. The van der Waals surface area contributed by atoms with Gasteiger partial charge >= 0.3 is 0 Å². The van der Waals surface area contributed by atoms with Crippen LogP contribution < -0.4 is 5.32 Å². The van der Waals surface area contributed by atoms with E-state index in [0.717, 1.165) is 29.9 Å². The molecule has 0 radical (unpaired) electrons. The van der Waals surface area contributed by atoms with Crippen LogP contribution in [0.1, 0.15) is 46.5 Å². The molecule has 2 heteroatoms. The van der Waals surface area contributed by atoms with E-state index in [9.17, 15) is 4.79 Å². The summed E-state index contributed by atoms with van der Waals surface area (Å²) in [5.41, 5.74) is 3.86. The zero-order chi connectivity index (χ0) is 16.3. The lowest BCUT2D eigenvalue weighted by Crippen LogP contribution is -2.31. The molecule has 118 valence electrons. The molecule has 0 aromatic carbocycles. The summed E-state index contributed by atoms with van der Waals surface area (Å²) in [6.07, 6.45) is 12.3. The fourth-order valence-electron chi connectivity index (χ4n) is 3.00. The smallest absolute Gasteiger partial charge is 0.234 e. The van der Waals surface area contributed by atoms with Crippen LogP contribution in [-0.2, 0) is 4.79 Å². The van der Waals surface area contributed by atoms with Crippen LogP contribution in [0.3, 0.4) is 0 Å². The summed E-state index contributed by atoms with van der Waals surface area (Å²) in [4.78, 5) is 12.5. The summed E-state index contributed by atoms with van der Waals surface area (Å²) in [5, 5.41) is 2.95. The average Bonchev–Trinajstić information content (AvgIpc) is 3.33. The summed E-state index contributed by atoms with van der Waals surface area (Å²) in [5.74, 6) is 0.809. The Morgan fingerprint density at radius 2 is 1.86 bits per heavy atom. The maximum absolute atomic E-state index is 12.5. The predicted molar refractivity (Wildman–Crippen MR) is 93.1 cm³/mol. The Morgan fingerprint density at radius 3 is 2.32 bits per heavy atom. The largest absolute Gasteiger partial charge is 0.326 e. The normalized spacial score (nSPS) is 21.3. The van der Waals surface area contributed by atoms with Crippen LogP contribution in [0.25, 0.3) is 0 Å². The molecule has 2 aliphatic carbocycles. The fourth-order valence-corrected chi connectivity index (χ4v) is 3.00. The number of allylic oxidation sites excluding steroid dienone is 6. The summed E-state index contributed by atoms with van der Waals surface area (Å²) >= 11 is 0. The van der Waals surface area contributed by atoms with Crippen LogP contribution in [0.4, 0.5) is 0 Å². The third-order valence-corrected chi connectivity index (χ3v) is 4.62. The van der Waals surface area contributed by atoms with E-state index < -0.39 is 0 Å². The highest BCUT2D eigenvalue weighted by molar-refractivity contribution is 5.90. The zero-order valence-corrected chi connectivity index (χ0v) is 14.0. The number of carbonyl (C=O) groups excluding carboxylic acids is 1. The van der Waals surface area contributed by atoms with Gasteiger partial charge in [-0.2, -0.15) is 0 Å². The number of hydrogen-bond donors (Lipinski definition) is 1. The molecule has 0 saturated heterocycles. The molecule has 0 atom stereocenters. The molecule has 0 bridgehead atoms. The van der Waals surface area contributed by atoms with E-state index in [1.165, 1.54) is 18.4 Å². The van der Waals surface area contributed by atoms with E-state index >= 15 is 0 Å². The minimum atomic E-state index is -0.374. The Bertz CT molecular complexity index is 581. The Hall–Kier alpha value is -1.83. The van der Waals surface area contributed by atoms with Crippen LogP contribution in [0.5, 0.6) is 0 Å². The van der Waals surface area contributed by atoms with E-state index in [1.54, 1.807) is 6.08 Å². The molecule has 0 spiro atoms. The second-order valence-electron chi connectivity index (χ2n) is 6.56. The van der Waals surface area contributed by atoms with Crippen molar-refractivity contribution < 1.29 is 4.79 Å². The number of carbonyl (C=O) groups is 1. The van der Waals surface area contributed by atoms with Crippen LogP contribution >= 0.6 is 0 Å². The summed E-state index contributed by atoms with van der Waals surface area (Å²) in [7, 11) is 0. The van der Waals surface area contributed by atoms with Crippen molar-refractivity contribution >= 4 is 5.91 Å².